The maximum atomic E-state index is 5.82. The van der Waals surface area contributed by atoms with Crippen LogP contribution in [0, 0.1) is 0 Å². The average Bonchev–Trinajstić information content (AvgIpc) is 3.18. The zero-order valence-electron chi connectivity index (χ0n) is 19.6. The Bertz CT molecular complexity index is 815. The minimum Gasteiger partial charge on any atom is -0.490 e. The van der Waals surface area contributed by atoms with Crippen molar-refractivity contribution >= 4 is 29.9 Å². The fraction of sp³-hybridized carbons (Fsp3) is 0.565. The number of rotatable bonds is 10. The minimum atomic E-state index is -0.0597. The molecular weight excluding hydrogens is 507 g/mol. The lowest BCUT2D eigenvalue weighted by Gasteiger charge is -2.14. The third-order valence-corrected chi connectivity index (χ3v) is 4.32. The van der Waals surface area contributed by atoms with Gasteiger partial charge in [-0.05, 0) is 44.9 Å². The molecule has 1 aromatic carbocycles. The van der Waals surface area contributed by atoms with Gasteiger partial charge in [0.05, 0.1) is 19.4 Å². The van der Waals surface area contributed by atoms with Crippen molar-refractivity contribution in [2.75, 3.05) is 26.3 Å². The summed E-state index contributed by atoms with van der Waals surface area (Å²) in [6.07, 6.45) is 2.62. The molecule has 0 atom stereocenters. The second-order valence-electron chi connectivity index (χ2n) is 7.89. The van der Waals surface area contributed by atoms with Gasteiger partial charge in [-0.1, -0.05) is 26.8 Å². The van der Waals surface area contributed by atoms with Crippen LogP contribution in [0.15, 0.2) is 33.8 Å². The van der Waals surface area contributed by atoms with Gasteiger partial charge in [0, 0.05) is 18.5 Å². The van der Waals surface area contributed by atoms with E-state index in [1.54, 1.807) is 6.20 Å². The van der Waals surface area contributed by atoms with Crippen LogP contribution in [-0.4, -0.2) is 37.2 Å². The summed E-state index contributed by atoms with van der Waals surface area (Å²) in [5.41, 5.74) is 1.11. The Morgan fingerprint density at radius 3 is 2.39 bits per heavy atom. The van der Waals surface area contributed by atoms with Crippen molar-refractivity contribution in [1.29, 1.82) is 0 Å². The number of halogens is 1. The SMILES string of the molecule is CCNC(=NCc1ncc(C(C)(C)C)o1)NCCc1ccc(OCC)c(OCC)c1.I. The van der Waals surface area contributed by atoms with E-state index in [9.17, 15) is 0 Å². The van der Waals surface area contributed by atoms with Gasteiger partial charge in [-0.15, -0.1) is 24.0 Å². The van der Waals surface area contributed by atoms with E-state index in [1.165, 1.54) is 5.56 Å². The standard InChI is InChI=1S/C23H36N4O3.HI/c1-7-24-22(27-16-21-26-15-20(30-21)23(4,5)6)25-13-12-17-10-11-18(28-8-2)19(14-17)29-9-3;/h10-11,14-15H,7-9,12-13,16H2,1-6H3,(H2,24,25,27);1H. The molecule has 0 aliphatic carbocycles. The van der Waals surface area contributed by atoms with Gasteiger partial charge < -0.3 is 24.5 Å². The second kappa shape index (κ2) is 13.4. The first-order valence-electron chi connectivity index (χ1n) is 10.7. The van der Waals surface area contributed by atoms with Gasteiger partial charge in [-0.25, -0.2) is 9.98 Å². The number of nitrogens with zero attached hydrogens (tertiary/aromatic N) is 2. The van der Waals surface area contributed by atoms with Crippen molar-refractivity contribution in [3.63, 3.8) is 0 Å². The molecule has 7 nitrogen and oxygen atoms in total. The molecule has 31 heavy (non-hydrogen) atoms. The molecule has 0 saturated carbocycles. The summed E-state index contributed by atoms with van der Waals surface area (Å²) in [7, 11) is 0. The van der Waals surface area contributed by atoms with Crippen LogP contribution in [0.3, 0.4) is 0 Å². The van der Waals surface area contributed by atoms with Crippen molar-refractivity contribution in [2.24, 2.45) is 4.99 Å². The molecule has 0 aliphatic heterocycles. The molecule has 0 aliphatic rings. The first-order valence-corrected chi connectivity index (χ1v) is 10.7. The normalized spacial score (nSPS) is 11.6. The van der Waals surface area contributed by atoms with E-state index in [1.807, 2.05) is 32.9 Å². The topological polar surface area (TPSA) is 80.9 Å². The zero-order chi connectivity index (χ0) is 22.0. The van der Waals surface area contributed by atoms with Crippen LogP contribution >= 0.6 is 24.0 Å². The molecule has 174 valence electrons. The molecule has 2 aromatic rings. The number of oxazole rings is 1. The van der Waals surface area contributed by atoms with Gasteiger partial charge in [-0.3, -0.25) is 0 Å². The quantitative estimate of drug-likeness (QED) is 0.257. The van der Waals surface area contributed by atoms with E-state index in [0.717, 1.165) is 42.7 Å². The van der Waals surface area contributed by atoms with Crippen LogP contribution < -0.4 is 20.1 Å². The van der Waals surface area contributed by atoms with Crippen LogP contribution in [0.1, 0.15) is 58.8 Å². The summed E-state index contributed by atoms with van der Waals surface area (Å²) >= 11 is 0. The summed E-state index contributed by atoms with van der Waals surface area (Å²) < 4.78 is 17.2. The molecule has 0 bridgehead atoms. The molecule has 0 amide bonds. The van der Waals surface area contributed by atoms with E-state index < -0.39 is 0 Å². The monoisotopic (exact) mass is 544 g/mol. The van der Waals surface area contributed by atoms with E-state index in [-0.39, 0.29) is 29.4 Å². The summed E-state index contributed by atoms with van der Waals surface area (Å²) in [6.45, 7) is 15.4. The second-order valence-corrected chi connectivity index (χ2v) is 7.89. The molecule has 0 radical (unpaired) electrons. The van der Waals surface area contributed by atoms with Crippen LogP contribution in [0.4, 0.5) is 0 Å². The minimum absolute atomic E-state index is 0. The maximum Gasteiger partial charge on any atom is 0.216 e. The Balaban J connectivity index is 0.00000480. The Hall–Kier alpha value is -1.97. The fourth-order valence-corrected chi connectivity index (χ4v) is 2.79. The first kappa shape index (κ1) is 27.1. The first-order chi connectivity index (χ1) is 14.4. The predicted molar refractivity (Wildman–Crippen MR) is 136 cm³/mol. The number of benzene rings is 1. The molecule has 0 spiro atoms. The average molecular weight is 544 g/mol. The molecule has 1 heterocycles. The number of hydrogen-bond donors (Lipinski definition) is 2. The summed E-state index contributed by atoms with van der Waals surface area (Å²) in [6, 6.07) is 6.08. The number of hydrogen-bond acceptors (Lipinski definition) is 5. The number of aromatic nitrogens is 1. The Morgan fingerprint density at radius 2 is 1.77 bits per heavy atom. The number of ether oxygens (including phenoxy) is 2. The van der Waals surface area contributed by atoms with Gasteiger partial charge in [0.2, 0.25) is 5.89 Å². The maximum absolute atomic E-state index is 5.82. The van der Waals surface area contributed by atoms with E-state index >= 15 is 0 Å². The van der Waals surface area contributed by atoms with Crippen LogP contribution in [0.2, 0.25) is 0 Å². The lowest BCUT2D eigenvalue weighted by atomic mass is 9.94. The molecule has 1 aromatic heterocycles. The van der Waals surface area contributed by atoms with Crippen molar-refractivity contribution < 1.29 is 13.9 Å². The van der Waals surface area contributed by atoms with Gasteiger partial charge in [0.15, 0.2) is 17.5 Å². The third kappa shape index (κ3) is 8.96. The van der Waals surface area contributed by atoms with E-state index in [2.05, 4.69) is 47.4 Å². The van der Waals surface area contributed by atoms with Gasteiger partial charge >= 0.3 is 0 Å². The Labute approximate surface area is 203 Å². The van der Waals surface area contributed by atoms with E-state index in [0.29, 0.717) is 25.6 Å². The van der Waals surface area contributed by atoms with Gasteiger partial charge in [0.1, 0.15) is 12.3 Å². The summed E-state index contributed by atoms with van der Waals surface area (Å²) in [5.74, 6) is 3.79. The number of guanidine groups is 1. The highest BCUT2D eigenvalue weighted by Crippen LogP contribution is 2.28. The lowest BCUT2D eigenvalue weighted by Crippen LogP contribution is -2.38. The van der Waals surface area contributed by atoms with E-state index in [4.69, 9.17) is 13.9 Å². The molecule has 2 rings (SSSR count). The van der Waals surface area contributed by atoms with Crippen LogP contribution in [0.5, 0.6) is 11.5 Å². The number of aliphatic imine (C=N–C) groups is 1. The van der Waals surface area contributed by atoms with Crippen molar-refractivity contribution in [3.05, 3.63) is 41.6 Å². The molecule has 2 N–H and O–H groups in total. The van der Waals surface area contributed by atoms with Crippen molar-refractivity contribution in [3.8, 4) is 11.5 Å². The highest BCUT2D eigenvalue weighted by atomic mass is 127. The Morgan fingerprint density at radius 1 is 1.06 bits per heavy atom. The largest absolute Gasteiger partial charge is 0.490 e. The third-order valence-electron chi connectivity index (χ3n) is 4.32. The highest BCUT2D eigenvalue weighted by Gasteiger charge is 2.19. The fourth-order valence-electron chi connectivity index (χ4n) is 2.79. The number of nitrogens with one attached hydrogen (secondary N) is 2. The lowest BCUT2D eigenvalue weighted by molar-refractivity contribution is 0.287. The Kier molecular flexibility index (Phi) is 11.7. The molecule has 8 heteroatoms. The molecule has 0 unspecified atom stereocenters. The molecular formula is C23H37IN4O3. The zero-order valence-corrected chi connectivity index (χ0v) is 21.9. The smallest absolute Gasteiger partial charge is 0.216 e. The molecule has 0 fully saturated rings. The summed E-state index contributed by atoms with van der Waals surface area (Å²) in [5, 5.41) is 6.62. The van der Waals surface area contributed by atoms with Gasteiger partial charge in [0.25, 0.3) is 0 Å². The van der Waals surface area contributed by atoms with Crippen molar-refractivity contribution in [2.45, 2.75) is 59.9 Å². The van der Waals surface area contributed by atoms with Crippen LogP contribution in [0.25, 0.3) is 0 Å². The predicted octanol–water partition coefficient (Wildman–Crippen LogP) is 4.69. The highest BCUT2D eigenvalue weighted by molar-refractivity contribution is 14.0. The van der Waals surface area contributed by atoms with Gasteiger partial charge in [-0.2, -0.15) is 0 Å². The van der Waals surface area contributed by atoms with Crippen LogP contribution in [-0.2, 0) is 18.4 Å². The summed E-state index contributed by atoms with van der Waals surface area (Å²) in [4.78, 5) is 8.93. The molecule has 0 saturated heterocycles. The van der Waals surface area contributed by atoms with Crippen molar-refractivity contribution in [1.82, 2.24) is 15.6 Å².